The zero-order chi connectivity index (χ0) is 27.1. The maximum Gasteiger partial charge on any atom is 0.326 e. The Labute approximate surface area is 227 Å². The number of carbonyl (C=O) groups is 4. The van der Waals surface area contributed by atoms with Crippen molar-refractivity contribution >= 4 is 46.1 Å². The molecular formula is C28H36N4O5S. The minimum Gasteiger partial charge on any atom is -0.480 e. The van der Waals surface area contributed by atoms with Crippen molar-refractivity contribution in [3.8, 4) is 0 Å². The Kier molecular flexibility index (Phi) is 9.76. The molecule has 4 atom stereocenters. The molecule has 4 N–H and O–H groups in total. The first-order chi connectivity index (χ1) is 18.4. The zero-order valence-electron chi connectivity index (χ0n) is 21.7. The lowest BCUT2D eigenvalue weighted by Gasteiger charge is -2.36. The van der Waals surface area contributed by atoms with Crippen LogP contribution in [-0.2, 0) is 25.7 Å². The lowest BCUT2D eigenvalue weighted by molar-refractivity contribution is -0.142. The summed E-state index contributed by atoms with van der Waals surface area (Å²) in [7, 11) is 0. The van der Waals surface area contributed by atoms with E-state index in [1.165, 1.54) is 11.8 Å². The average molecular weight is 541 g/mol. The van der Waals surface area contributed by atoms with Gasteiger partial charge in [0, 0.05) is 19.0 Å². The standard InChI is InChI=1S/C28H36N4O5S/c1-38-15-13-23(28(36)37)31-25(34)17-32(16-19-8-4-7-18-6-2-3-9-20(18)19)26(21-10-5-14-29-21)27(35)22-11-12-24(33)30-22/h2-4,6-9,21-23,26,29H,5,10-17H2,1H3,(H,30,33)(H,31,34)(H,36,37)/t21-,22-,23-,26?/m0/s1. The van der Waals surface area contributed by atoms with Gasteiger partial charge in [0.2, 0.25) is 11.8 Å². The predicted octanol–water partition coefficient (Wildman–Crippen LogP) is 1.93. The molecule has 0 aliphatic carbocycles. The van der Waals surface area contributed by atoms with Crippen molar-refractivity contribution in [1.29, 1.82) is 0 Å². The third-order valence-corrected chi connectivity index (χ3v) is 7.99. The first-order valence-electron chi connectivity index (χ1n) is 13.2. The van der Waals surface area contributed by atoms with E-state index >= 15 is 0 Å². The topological polar surface area (TPSA) is 128 Å². The quantitative estimate of drug-likeness (QED) is 0.304. The number of ketones is 1. The largest absolute Gasteiger partial charge is 0.480 e. The van der Waals surface area contributed by atoms with Gasteiger partial charge in [-0.3, -0.25) is 19.3 Å². The molecular weight excluding hydrogens is 504 g/mol. The van der Waals surface area contributed by atoms with Gasteiger partial charge in [-0.1, -0.05) is 42.5 Å². The Morgan fingerprint density at radius 2 is 1.95 bits per heavy atom. The van der Waals surface area contributed by atoms with E-state index in [0.29, 0.717) is 31.6 Å². The molecule has 2 fully saturated rings. The molecule has 0 spiro atoms. The van der Waals surface area contributed by atoms with Crippen molar-refractivity contribution in [1.82, 2.24) is 20.9 Å². The molecule has 10 heteroatoms. The number of carboxylic acids is 1. The highest BCUT2D eigenvalue weighted by molar-refractivity contribution is 7.98. The Morgan fingerprint density at radius 1 is 1.16 bits per heavy atom. The molecule has 204 valence electrons. The van der Waals surface area contributed by atoms with E-state index in [0.717, 1.165) is 35.7 Å². The van der Waals surface area contributed by atoms with Gasteiger partial charge in [0.25, 0.3) is 0 Å². The van der Waals surface area contributed by atoms with Crippen LogP contribution in [0.5, 0.6) is 0 Å². The number of fused-ring (bicyclic) bond motifs is 1. The van der Waals surface area contributed by atoms with Crippen LogP contribution in [0.15, 0.2) is 42.5 Å². The van der Waals surface area contributed by atoms with Gasteiger partial charge in [-0.25, -0.2) is 4.79 Å². The summed E-state index contributed by atoms with van der Waals surface area (Å²) >= 11 is 1.52. The fourth-order valence-corrected chi connectivity index (χ4v) is 5.94. The van der Waals surface area contributed by atoms with Crippen LogP contribution < -0.4 is 16.0 Å². The molecule has 2 aliphatic heterocycles. The third-order valence-electron chi connectivity index (χ3n) is 7.35. The molecule has 9 nitrogen and oxygen atoms in total. The third kappa shape index (κ3) is 6.92. The van der Waals surface area contributed by atoms with Crippen LogP contribution in [0.4, 0.5) is 0 Å². The Morgan fingerprint density at radius 3 is 2.63 bits per heavy atom. The number of nitrogens with zero attached hydrogens (tertiary/aromatic N) is 1. The number of rotatable bonds is 13. The number of hydrogen-bond acceptors (Lipinski definition) is 7. The van der Waals surface area contributed by atoms with Crippen molar-refractivity contribution < 1.29 is 24.3 Å². The average Bonchev–Trinajstić information content (AvgIpc) is 3.59. The monoisotopic (exact) mass is 540 g/mol. The van der Waals surface area contributed by atoms with Crippen LogP contribution >= 0.6 is 11.8 Å². The maximum absolute atomic E-state index is 13.9. The van der Waals surface area contributed by atoms with Crippen LogP contribution in [0, 0.1) is 0 Å². The molecule has 2 aliphatic rings. The van der Waals surface area contributed by atoms with Crippen molar-refractivity contribution in [3.05, 3.63) is 48.0 Å². The summed E-state index contributed by atoms with van der Waals surface area (Å²) in [5.41, 5.74) is 0.972. The number of thioether (sulfide) groups is 1. The number of aliphatic carboxylic acids is 1. The smallest absolute Gasteiger partial charge is 0.326 e. The summed E-state index contributed by atoms with van der Waals surface area (Å²) in [6, 6.07) is 11.5. The van der Waals surface area contributed by atoms with Gasteiger partial charge in [-0.15, -0.1) is 0 Å². The highest BCUT2D eigenvalue weighted by atomic mass is 32.2. The van der Waals surface area contributed by atoms with Crippen LogP contribution in [-0.4, -0.2) is 82.8 Å². The number of carboxylic acid groups (broad SMARTS) is 1. The summed E-state index contributed by atoms with van der Waals surface area (Å²) in [6.45, 7) is 0.962. The Bertz CT molecular complexity index is 1160. The van der Waals surface area contributed by atoms with Gasteiger partial charge in [0.15, 0.2) is 5.78 Å². The number of amides is 2. The second kappa shape index (κ2) is 13.2. The van der Waals surface area contributed by atoms with E-state index in [2.05, 4.69) is 16.0 Å². The molecule has 4 rings (SSSR count). The van der Waals surface area contributed by atoms with Gasteiger partial charge in [0.05, 0.1) is 18.6 Å². The van der Waals surface area contributed by atoms with Crippen LogP contribution in [0.25, 0.3) is 10.8 Å². The Balaban J connectivity index is 1.65. The molecule has 2 amide bonds. The molecule has 2 heterocycles. The second-order valence-corrected chi connectivity index (χ2v) is 11.0. The summed E-state index contributed by atoms with van der Waals surface area (Å²) < 4.78 is 0. The number of benzene rings is 2. The predicted molar refractivity (Wildman–Crippen MR) is 148 cm³/mol. The SMILES string of the molecule is CSCC[C@H](NC(=O)CN(Cc1cccc2ccccc12)C(C(=O)[C@@H]1CCC(=O)N1)[C@@H]1CCCN1)C(=O)O. The van der Waals surface area contributed by atoms with Crippen molar-refractivity contribution in [3.63, 3.8) is 0 Å². The maximum atomic E-state index is 13.9. The van der Waals surface area contributed by atoms with Crippen LogP contribution in [0.1, 0.15) is 37.7 Å². The van der Waals surface area contributed by atoms with Gasteiger partial charge in [-0.05, 0) is 60.6 Å². The summed E-state index contributed by atoms with van der Waals surface area (Å²) in [4.78, 5) is 52.8. The molecule has 38 heavy (non-hydrogen) atoms. The molecule has 0 saturated carbocycles. The minimum atomic E-state index is -1.08. The Hall–Kier alpha value is -2.95. The fourth-order valence-electron chi connectivity index (χ4n) is 5.47. The van der Waals surface area contributed by atoms with E-state index < -0.39 is 30.0 Å². The van der Waals surface area contributed by atoms with Gasteiger partial charge in [-0.2, -0.15) is 11.8 Å². The zero-order valence-corrected chi connectivity index (χ0v) is 22.5. The van der Waals surface area contributed by atoms with Gasteiger partial charge in [0.1, 0.15) is 6.04 Å². The highest BCUT2D eigenvalue weighted by Crippen LogP contribution is 2.25. The van der Waals surface area contributed by atoms with E-state index in [1.54, 1.807) is 0 Å². The molecule has 0 aromatic heterocycles. The minimum absolute atomic E-state index is 0.111. The normalized spacial score (nSPS) is 20.8. The highest BCUT2D eigenvalue weighted by Gasteiger charge is 2.41. The number of hydrogen-bond donors (Lipinski definition) is 4. The first-order valence-corrected chi connectivity index (χ1v) is 14.5. The van der Waals surface area contributed by atoms with Crippen LogP contribution in [0.2, 0.25) is 0 Å². The lowest BCUT2D eigenvalue weighted by Crippen LogP contribution is -2.58. The number of Topliss-reactive ketones (excluding diaryl/α,β-unsaturated/α-hetero) is 1. The molecule has 0 radical (unpaired) electrons. The van der Waals surface area contributed by atoms with Crippen molar-refractivity contribution in [2.45, 2.75) is 62.8 Å². The molecule has 2 saturated heterocycles. The summed E-state index contributed by atoms with van der Waals surface area (Å²) in [6.07, 6.45) is 4.63. The fraction of sp³-hybridized carbons (Fsp3) is 0.500. The van der Waals surface area contributed by atoms with E-state index in [-0.39, 0.29) is 24.3 Å². The van der Waals surface area contributed by atoms with E-state index in [1.807, 2.05) is 53.6 Å². The second-order valence-electron chi connectivity index (χ2n) is 9.99. The summed E-state index contributed by atoms with van der Waals surface area (Å²) in [5, 5.41) is 20.6. The molecule has 1 unspecified atom stereocenters. The first kappa shape index (κ1) is 28.1. The van der Waals surface area contributed by atoms with Gasteiger partial charge >= 0.3 is 5.97 Å². The summed E-state index contributed by atoms with van der Waals surface area (Å²) in [5.74, 6) is -1.17. The number of carbonyl (C=O) groups excluding carboxylic acids is 3. The lowest BCUT2D eigenvalue weighted by atomic mass is 9.93. The molecule has 0 bridgehead atoms. The number of nitrogens with one attached hydrogen (secondary N) is 3. The molecule has 2 aromatic carbocycles. The molecule has 2 aromatic rings. The van der Waals surface area contributed by atoms with Crippen LogP contribution in [0.3, 0.4) is 0 Å². The van der Waals surface area contributed by atoms with Gasteiger partial charge < -0.3 is 21.1 Å². The van der Waals surface area contributed by atoms with E-state index in [4.69, 9.17) is 0 Å². The van der Waals surface area contributed by atoms with Crippen molar-refractivity contribution in [2.24, 2.45) is 0 Å². The van der Waals surface area contributed by atoms with Crippen molar-refractivity contribution in [2.75, 3.05) is 25.1 Å². The van der Waals surface area contributed by atoms with E-state index in [9.17, 15) is 24.3 Å².